The third-order valence-electron chi connectivity index (χ3n) is 3.30. The second-order valence-corrected chi connectivity index (χ2v) is 4.70. The van der Waals surface area contributed by atoms with Crippen LogP contribution >= 0.6 is 0 Å². The molecule has 1 unspecified atom stereocenters. The molecule has 1 heteroatoms. The number of aliphatic hydroxyl groups excluding tert-OH is 1. The van der Waals surface area contributed by atoms with Crippen LogP contribution in [0.1, 0.15) is 52.9 Å². The third-order valence-corrected chi connectivity index (χ3v) is 3.30. The molecule has 1 N–H and O–H groups in total. The number of allylic oxidation sites excluding steroid dienone is 4. The highest BCUT2D eigenvalue weighted by Crippen LogP contribution is 2.33. The van der Waals surface area contributed by atoms with Crippen molar-refractivity contribution in [2.75, 3.05) is 0 Å². The van der Waals surface area contributed by atoms with E-state index in [1.54, 1.807) is 5.57 Å². The van der Waals surface area contributed by atoms with Gasteiger partial charge in [-0.3, -0.25) is 0 Å². The second-order valence-electron chi connectivity index (χ2n) is 4.70. The zero-order valence-corrected chi connectivity index (χ0v) is 10.3. The predicted molar refractivity (Wildman–Crippen MR) is 65.9 cm³/mol. The molecule has 0 amide bonds. The molecule has 1 aliphatic rings. The molecule has 0 saturated heterocycles. The van der Waals surface area contributed by atoms with Crippen LogP contribution in [0, 0.1) is 11.8 Å². The molecular weight excluding hydrogens is 184 g/mol. The van der Waals surface area contributed by atoms with Crippen molar-refractivity contribution in [3.63, 3.8) is 0 Å². The standard InChI is InChI=1S/C14H24O/c1-4-6-12(7-5-2)14-9-8-13(15)10-11(14)3/h8-9,11-12,15H,4-7,10H2,1-3H3. The summed E-state index contributed by atoms with van der Waals surface area (Å²) in [5, 5.41) is 9.46. The van der Waals surface area contributed by atoms with Gasteiger partial charge in [0, 0.05) is 6.42 Å². The minimum Gasteiger partial charge on any atom is -0.512 e. The van der Waals surface area contributed by atoms with Gasteiger partial charge in [-0.05, 0) is 30.8 Å². The monoisotopic (exact) mass is 208 g/mol. The first-order valence-corrected chi connectivity index (χ1v) is 6.28. The second kappa shape index (κ2) is 5.99. The first-order valence-electron chi connectivity index (χ1n) is 6.28. The smallest absolute Gasteiger partial charge is 0.0928 e. The van der Waals surface area contributed by atoms with Crippen LogP contribution in [0.15, 0.2) is 23.5 Å². The lowest BCUT2D eigenvalue weighted by Crippen LogP contribution is -2.14. The molecule has 0 fully saturated rings. The third kappa shape index (κ3) is 3.40. The largest absolute Gasteiger partial charge is 0.512 e. The molecule has 1 nitrogen and oxygen atoms in total. The van der Waals surface area contributed by atoms with Gasteiger partial charge in [0.15, 0.2) is 0 Å². The van der Waals surface area contributed by atoms with Gasteiger partial charge < -0.3 is 5.11 Å². The van der Waals surface area contributed by atoms with Crippen LogP contribution in [0.4, 0.5) is 0 Å². The summed E-state index contributed by atoms with van der Waals surface area (Å²) < 4.78 is 0. The summed E-state index contributed by atoms with van der Waals surface area (Å²) in [6, 6.07) is 0. The van der Waals surface area contributed by atoms with Gasteiger partial charge in [0.05, 0.1) is 5.76 Å². The molecule has 86 valence electrons. The summed E-state index contributed by atoms with van der Waals surface area (Å²) in [5.74, 6) is 1.80. The van der Waals surface area contributed by atoms with E-state index in [-0.39, 0.29) is 0 Å². The molecule has 1 atom stereocenters. The predicted octanol–water partition coefficient (Wildman–Crippen LogP) is 4.61. The summed E-state index contributed by atoms with van der Waals surface area (Å²) in [5.41, 5.74) is 1.55. The van der Waals surface area contributed by atoms with Crippen molar-refractivity contribution in [1.82, 2.24) is 0 Å². The molecule has 0 radical (unpaired) electrons. The van der Waals surface area contributed by atoms with Gasteiger partial charge in [0.25, 0.3) is 0 Å². The minimum absolute atomic E-state index is 0.526. The number of hydrogen-bond acceptors (Lipinski definition) is 1. The Morgan fingerprint density at radius 2 is 1.87 bits per heavy atom. The van der Waals surface area contributed by atoms with Gasteiger partial charge in [-0.25, -0.2) is 0 Å². The van der Waals surface area contributed by atoms with Crippen molar-refractivity contribution in [3.05, 3.63) is 23.5 Å². The molecule has 1 aliphatic carbocycles. The molecule has 0 bridgehead atoms. The first-order chi connectivity index (χ1) is 7.19. The van der Waals surface area contributed by atoms with Crippen LogP contribution in [0.25, 0.3) is 0 Å². The van der Waals surface area contributed by atoms with Gasteiger partial charge in [-0.15, -0.1) is 0 Å². The summed E-state index contributed by atoms with van der Waals surface area (Å²) in [4.78, 5) is 0. The fourth-order valence-corrected chi connectivity index (χ4v) is 2.57. The summed E-state index contributed by atoms with van der Waals surface area (Å²) in [7, 11) is 0. The van der Waals surface area contributed by atoms with Crippen molar-refractivity contribution >= 4 is 0 Å². The Balaban J connectivity index is 2.73. The first kappa shape index (κ1) is 12.4. The van der Waals surface area contributed by atoms with E-state index in [0.717, 1.165) is 12.3 Å². The van der Waals surface area contributed by atoms with E-state index in [0.29, 0.717) is 11.7 Å². The minimum atomic E-state index is 0.526. The lowest BCUT2D eigenvalue weighted by atomic mass is 9.79. The van der Waals surface area contributed by atoms with E-state index in [1.807, 2.05) is 6.08 Å². The Bertz CT molecular complexity index is 244. The highest BCUT2D eigenvalue weighted by molar-refractivity contribution is 5.24. The number of aliphatic hydroxyl groups is 1. The van der Waals surface area contributed by atoms with Crippen molar-refractivity contribution in [2.45, 2.75) is 52.9 Å². The molecule has 1 rings (SSSR count). The van der Waals surface area contributed by atoms with Crippen molar-refractivity contribution < 1.29 is 5.11 Å². The van der Waals surface area contributed by atoms with Crippen LogP contribution in [-0.2, 0) is 0 Å². The Labute approximate surface area is 93.9 Å². The highest BCUT2D eigenvalue weighted by Gasteiger charge is 2.21. The van der Waals surface area contributed by atoms with Gasteiger partial charge >= 0.3 is 0 Å². The lowest BCUT2D eigenvalue weighted by Gasteiger charge is -2.27. The molecular formula is C14H24O. The Morgan fingerprint density at radius 1 is 1.27 bits per heavy atom. The fourth-order valence-electron chi connectivity index (χ4n) is 2.57. The average molecular weight is 208 g/mol. The van der Waals surface area contributed by atoms with E-state index in [2.05, 4.69) is 26.8 Å². The van der Waals surface area contributed by atoms with E-state index < -0.39 is 0 Å². The number of hydrogen-bond donors (Lipinski definition) is 1. The molecule has 0 spiro atoms. The summed E-state index contributed by atoms with van der Waals surface area (Å²) in [6.45, 7) is 6.74. The molecule has 15 heavy (non-hydrogen) atoms. The van der Waals surface area contributed by atoms with Gasteiger partial charge in [0.2, 0.25) is 0 Å². The van der Waals surface area contributed by atoms with Crippen LogP contribution in [0.5, 0.6) is 0 Å². The number of rotatable bonds is 5. The van der Waals surface area contributed by atoms with Crippen molar-refractivity contribution in [2.24, 2.45) is 11.8 Å². The SMILES string of the molecule is CCCC(CCC)C1=CC=C(O)CC1C. The zero-order chi connectivity index (χ0) is 11.3. The fraction of sp³-hybridized carbons (Fsp3) is 0.714. The molecule has 0 heterocycles. The van der Waals surface area contributed by atoms with Gasteiger partial charge in [-0.2, -0.15) is 0 Å². The van der Waals surface area contributed by atoms with Crippen molar-refractivity contribution in [1.29, 1.82) is 0 Å². The summed E-state index contributed by atoms with van der Waals surface area (Å²) in [6.07, 6.45) is 9.95. The normalized spacial score (nSPS) is 21.5. The Morgan fingerprint density at radius 3 is 2.33 bits per heavy atom. The summed E-state index contributed by atoms with van der Waals surface area (Å²) >= 11 is 0. The molecule has 0 saturated carbocycles. The maximum atomic E-state index is 9.46. The van der Waals surface area contributed by atoms with Crippen LogP contribution in [0.3, 0.4) is 0 Å². The molecule has 0 aromatic heterocycles. The van der Waals surface area contributed by atoms with E-state index in [4.69, 9.17) is 0 Å². The Kier molecular flexibility index (Phi) is 4.93. The zero-order valence-electron chi connectivity index (χ0n) is 10.3. The molecule has 0 aromatic carbocycles. The van der Waals surface area contributed by atoms with E-state index in [9.17, 15) is 5.11 Å². The van der Waals surface area contributed by atoms with E-state index >= 15 is 0 Å². The quantitative estimate of drug-likeness (QED) is 0.699. The lowest BCUT2D eigenvalue weighted by molar-refractivity contribution is 0.349. The van der Waals surface area contributed by atoms with Crippen LogP contribution in [0.2, 0.25) is 0 Å². The van der Waals surface area contributed by atoms with Crippen molar-refractivity contribution in [3.8, 4) is 0 Å². The maximum absolute atomic E-state index is 9.46. The molecule has 0 aromatic rings. The maximum Gasteiger partial charge on any atom is 0.0928 e. The van der Waals surface area contributed by atoms with Gasteiger partial charge in [0.1, 0.15) is 0 Å². The average Bonchev–Trinajstić information content (AvgIpc) is 2.17. The Hall–Kier alpha value is -0.720. The van der Waals surface area contributed by atoms with Crippen LogP contribution < -0.4 is 0 Å². The highest BCUT2D eigenvalue weighted by atomic mass is 16.3. The molecule has 0 aliphatic heterocycles. The van der Waals surface area contributed by atoms with Crippen LogP contribution in [-0.4, -0.2) is 5.11 Å². The topological polar surface area (TPSA) is 20.2 Å². The van der Waals surface area contributed by atoms with E-state index in [1.165, 1.54) is 25.7 Å². The van der Waals surface area contributed by atoms with Gasteiger partial charge in [-0.1, -0.05) is 45.3 Å².